The molecule has 1 aromatic heterocycles. The molecule has 27 heavy (non-hydrogen) atoms. The summed E-state index contributed by atoms with van der Waals surface area (Å²) in [6.07, 6.45) is 1.84. The normalized spacial score (nSPS) is 10.6. The van der Waals surface area contributed by atoms with Gasteiger partial charge in [0.05, 0.1) is 5.69 Å². The number of para-hydroxylation sites is 1. The van der Waals surface area contributed by atoms with Crippen molar-refractivity contribution in [2.75, 3.05) is 11.1 Å². The fourth-order valence-electron chi connectivity index (χ4n) is 2.65. The van der Waals surface area contributed by atoms with Gasteiger partial charge in [0.1, 0.15) is 6.54 Å². The smallest absolute Gasteiger partial charge is 0.244 e. The molecule has 7 heteroatoms. The minimum absolute atomic E-state index is 0.0824. The number of thioether (sulfide) groups is 1. The molecule has 0 aliphatic heterocycles. The zero-order chi connectivity index (χ0) is 19.2. The van der Waals surface area contributed by atoms with Gasteiger partial charge in [-0.3, -0.25) is 14.5 Å². The number of aromatic amines is 1. The molecule has 1 heterocycles. The van der Waals surface area contributed by atoms with Crippen molar-refractivity contribution >= 4 is 35.6 Å². The Labute approximate surface area is 167 Å². The summed E-state index contributed by atoms with van der Waals surface area (Å²) < 4.78 is 2.12. The van der Waals surface area contributed by atoms with Crippen molar-refractivity contribution in [1.82, 2.24) is 14.8 Å². The number of rotatable bonds is 7. The number of aryl methyl sites for hydroxylation is 1. The standard InChI is InChI=1S/C20H20N4OS2/c1-3-11-27-17-10-5-4-9-16(17)21-18(25)13-24-19(22-23-20(24)26)15-8-6-7-14(2)12-15/h3-10,12H,1,11,13H2,2H3,(H,21,25)(H,23,26). The van der Waals surface area contributed by atoms with Crippen molar-refractivity contribution in [3.8, 4) is 11.4 Å². The van der Waals surface area contributed by atoms with E-state index >= 15 is 0 Å². The summed E-state index contributed by atoms with van der Waals surface area (Å²) in [5, 5.41) is 10.1. The van der Waals surface area contributed by atoms with E-state index < -0.39 is 0 Å². The van der Waals surface area contributed by atoms with E-state index in [1.807, 2.05) is 61.5 Å². The molecule has 0 aliphatic carbocycles. The van der Waals surface area contributed by atoms with Crippen LogP contribution in [0.15, 0.2) is 66.1 Å². The van der Waals surface area contributed by atoms with Gasteiger partial charge < -0.3 is 5.32 Å². The molecule has 3 rings (SSSR count). The molecule has 2 N–H and O–H groups in total. The zero-order valence-electron chi connectivity index (χ0n) is 14.9. The molecule has 0 spiro atoms. The Morgan fingerprint density at radius 1 is 1.33 bits per heavy atom. The van der Waals surface area contributed by atoms with Crippen LogP contribution in [0.2, 0.25) is 0 Å². The summed E-state index contributed by atoms with van der Waals surface area (Å²) in [5.41, 5.74) is 2.81. The third-order valence-corrected chi connectivity index (χ3v) is 5.24. The average Bonchev–Trinajstić information content (AvgIpc) is 3.01. The van der Waals surface area contributed by atoms with Crippen LogP contribution in [0.3, 0.4) is 0 Å². The maximum absolute atomic E-state index is 12.7. The molecule has 2 aromatic carbocycles. The first-order valence-corrected chi connectivity index (χ1v) is 9.82. The van der Waals surface area contributed by atoms with E-state index in [4.69, 9.17) is 12.2 Å². The number of hydrogen-bond donors (Lipinski definition) is 2. The molecule has 138 valence electrons. The van der Waals surface area contributed by atoms with Crippen LogP contribution in [0.5, 0.6) is 0 Å². The van der Waals surface area contributed by atoms with Gasteiger partial charge in [0.15, 0.2) is 10.6 Å². The lowest BCUT2D eigenvalue weighted by Gasteiger charge is -2.11. The second kappa shape index (κ2) is 8.83. The molecule has 3 aromatic rings. The van der Waals surface area contributed by atoms with Crippen LogP contribution < -0.4 is 5.32 Å². The molecule has 5 nitrogen and oxygen atoms in total. The van der Waals surface area contributed by atoms with Gasteiger partial charge >= 0.3 is 0 Å². The number of carbonyl (C=O) groups excluding carboxylic acids is 1. The van der Waals surface area contributed by atoms with E-state index in [0.29, 0.717) is 10.6 Å². The summed E-state index contributed by atoms with van der Waals surface area (Å²) in [6, 6.07) is 15.6. The van der Waals surface area contributed by atoms with Crippen LogP contribution in [0, 0.1) is 11.7 Å². The molecule has 0 aliphatic rings. The minimum atomic E-state index is -0.159. The van der Waals surface area contributed by atoms with Crippen LogP contribution in [-0.4, -0.2) is 26.4 Å². The monoisotopic (exact) mass is 396 g/mol. The van der Waals surface area contributed by atoms with E-state index in [2.05, 4.69) is 22.1 Å². The molecule has 0 radical (unpaired) electrons. The molecule has 1 amide bonds. The van der Waals surface area contributed by atoms with Gasteiger partial charge in [-0.15, -0.1) is 18.3 Å². The largest absolute Gasteiger partial charge is 0.324 e. The van der Waals surface area contributed by atoms with Crippen molar-refractivity contribution in [3.05, 3.63) is 71.5 Å². The quantitative estimate of drug-likeness (QED) is 0.341. The Kier molecular flexibility index (Phi) is 6.26. The maximum Gasteiger partial charge on any atom is 0.244 e. The van der Waals surface area contributed by atoms with E-state index in [1.165, 1.54) is 0 Å². The van der Waals surface area contributed by atoms with Crippen LogP contribution >= 0.6 is 24.0 Å². The molecule has 0 unspecified atom stereocenters. The van der Waals surface area contributed by atoms with E-state index in [9.17, 15) is 4.79 Å². The highest BCUT2D eigenvalue weighted by Gasteiger charge is 2.14. The van der Waals surface area contributed by atoms with Gasteiger partial charge in [-0.05, 0) is 37.3 Å². The van der Waals surface area contributed by atoms with Crippen LogP contribution in [0.4, 0.5) is 5.69 Å². The van der Waals surface area contributed by atoms with Gasteiger partial charge in [0.2, 0.25) is 5.91 Å². The summed E-state index contributed by atoms with van der Waals surface area (Å²) in [6.45, 7) is 5.83. The van der Waals surface area contributed by atoms with Crippen LogP contribution in [0.25, 0.3) is 11.4 Å². The van der Waals surface area contributed by atoms with E-state index in [-0.39, 0.29) is 12.5 Å². The third kappa shape index (κ3) is 4.75. The molecular weight excluding hydrogens is 376 g/mol. The summed E-state index contributed by atoms with van der Waals surface area (Å²) >= 11 is 6.94. The van der Waals surface area contributed by atoms with E-state index in [1.54, 1.807) is 16.3 Å². The van der Waals surface area contributed by atoms with Crippen LogP contribution in [-0.2, 0) is 11.3 Å². The van der Waals surface area contributed by atoms with Gasteiger partial charge in [-0.25, -0.2) is 0 Å². The SMILES string of the molecule is C=CCSc1ccccc1NC(=O)Cn1c(-c2cccc(C)c2)n[nH]c1=S. The Morgan fingerprint density at radius 2 is 2.15 bits per heavy atom. The maximum atomic E-state index is 12.7. The van der Waals surface area contributed by atoms with Gasteiger partial charge in [0, 0.05) is 16.2 Å². The number of nitrogens with one attached hydrogen (secondary N) is 2. The topological polar surface area (TPSA) is 62.7 Å². The lowest BCUT2D eigenvalue weighted by atomic mass is 10.1. The lowest BCUT2D eigenvalue weighted by Crippen LogP contribution is -2.20. The zero-order valence-corrected chi connectivity index (χ0v) is 16.6. The number of amides is 1. The number of nitrogens with zero attached hydrogens (tertiary/aromatic N) is 2. The summed E-state index contributed by atoms with van der Waals surface area (Å²) in [7, 11) is 0. The number of H-pyrrole nitrogens is 1. The molecule has 0 bridgehead atoms. The average molecular weight is 397 g/mol. The Balaban J connectivity index is 1.81. The molecular formula is C20H20N4OS2. The predicted molar refractivity (Wildman–Crippen MR) is 114 cm³/mol. The fraction of sp³-hybridized carbons (Fsp3) is 0.150. The Bertz CT molecular complexity index is 1020. The fourth-order valence-corrected chi connectivity index (χ4v) is 3.59. The molecule has 0 saturated carbocycles. The van der Waals surface area contributed by atoms with Gasteiger partial charge in [-0.2, -0.15) is 5.10 Å². The number of aromatic nitrogens is 3. The number of hydrogen-bond acceptors (Lipinski definition) is 4. The molecule has 0 fully saturated rings. The van der Waals surface area contributed by atoms with Crippen molar-refractivity contribution in [1.29, 1.82) is 0 Å². The lowest BCUT2D eigenvalue weighted by molar-refractivity contribution is -0.116. The number of benzene rings is 2. The van der Waals surface area contributed by atoms with Crippen molar-refractivity contribution in [2.24, 2.45) is 0 Å². The molecule has 0 saturated heterocycles. The first-order chi connectivity index (χ1) is 13.1. The van der Waals surface area contributed by atoms with Crippen LogP contribution in [0.1, 0.15) is 5.56 Å². The van der Waals surface area contributed by atoms with Gasteiger partial charge in [-0.1, -0.05) is 42.0 Å². The van der Waals surface area contributed by atoms with Crippen molar-refractivity contribution in [3.63, 3.8) is 0 Å². The number of carbonyl (C=O) groups is 1. The third-order valence-electron chi connectivity index (χ3n) is 3.85. The highest BCUT2D eigenvalue weighted by molar-refractivity contribution is 7.99. The van der Waals surface area contributed by atoms with Crippen molar-refractivity contribution < 1.29 is 4.79 Å². The predicted octanol–water partition coefficient (Wildman–Crippen LogP) is 4.83. The number of anilines is 1. The van der Waals surface area contributed by atoms with Gasteiger partial charge in [0.25, 0.3) is 0 Å². The first kappa shape index (κ1) is 19.1. The molecule has 0 atom stereocenters. The van der Waals surface area contributed by atoms with Crippen molar-refractivity contribution in [2.45, 2.75) is 18.4 Å². The summed E-state index contributed by atoms with van der Waals surface area (Å²) in [4.78, 5) is 13.7. The Hall–Kier alpha value is -2.64. The second-order valence-corrected chi connectivity index (χ2v) is 7.40. The Morgan fingerprint density at radius 3 is 2.93 bits per heavy atom. The highest BCUT2D eigenvalue weighted by Crippen LogP contribution is 2.27. The first-order valence-electron chi connectivity index (χ1n) is 8.43. The minimum Gasteiger partial charge on any atom is -0.324 e. The highest BCUT2D eigenvalue weighted by atomic mass is 32.2. The van der Waals surface area contributed by atoms with E-state index in [0.717, 1.165) is 27.5 Å². The second-order valence-electron chi connectivity index (χ2n) is 5.95. The summed E-state index contributed by atoms with van der Waals surface area (Å²) in [5.74, 6) is 1.26.